The second-order valence-electron chi connectivity index (χ2n) is 6.46. The highest BCUT2D eigenvalue weighted by atomic mass is 16.2. The number of carbonyl (C=O) groups is 2. The van der Waals surface area contributed by atoms with Crippen molar-refractivity contribution >= 4 is 23.2 Å². The lowest BCUT2D eigenvalue weighted by Crippen LogP contribution is -2.20. The van der Waals surface area contributed by atoms with Gasteiger partial charge in [-0.25, -0.2) is 10.9 Å². The molecule has 2 N–H and O–H groups in total. The average molecular weight is 330 g/mol. The molecule has 0 radical (unpaired) electrons. The molecule has 2 aliphatic rings. The Hall–Kier alpha value is -2.24. The highest BCUT2D eigenvalue weighted by molar-refractivity contribution is 5.99. The quantitative estimate of drug-likeness (QED) is 0.555. The number of unbranched alkanes of at least 4 members (excludes halogenated alkanes) is 1. The molecule has 0 aliphatic heterocycles. The van der Waals surface area contributed by atoms with E-state index in [0.717, 1.165) is 37.1 Å². The number of hydrogen-bond acceptors (Lipinski definition) is 4. The average Bonchev–Trinajstić information content (AvgIpc) is 3.16. The molecule has 2 amide bonds. The molecular weight excluding hydrogens is 304 g/mol. The van der Waals surface area contributed by atoms with Crippen LogP contribution < -0.4 is 10.9 Å². The van der Waals surface area contributed by atoms with E-state index < -0.39 is 0 Å². The van der Waals surface area contributed by atoms with Crippen LogP contribution in [0.3, 0.4) is 0 Å². The lowest BCUT2D eigenvalue weighted by Gasteiger charge is -2.02. The number of amides is 2. The normalized spacial score (nSPS) is 20.2. The van der Waals surface area contributed by atoms with Crippen molar-refractivity contribution in [3.8, 4) is 0 Å². The molecular formula is C18H26N4O2. The zero-order valence-corrected chi connectivity index (χ0v) is 14.5. The molecule has 0 spiro atoms. The Morgan fingerprint density at radius 1 is 0.833 bits per heavy atom. The third kappa shape index (κ3) is 6.48. The molecule has 0 unspecified atom stereocenters. The summed E-state index contributed by atoms with van der Waals surface area (Å²) in [5, 5.41) is 8.21. The van der Waals surface area contributed by atoms with Crippen LogP contribution in [-0.4, -0.2) is 23.2 Å². The lowest BCUT2D eigenvalue weighted by molar-refractivity contribution is -0.123. The van der Waals surface area contributed by atoms with Gasteiger partial charge in [-0.2, -0.15) is 10.2 Å². The maximum Gasteiger partial charge on any atom is 0.240 e. The molecule has 0 aromatic rings. The van der Waals surface area contributed by atoms with Gasteiger partial charge in [-0.05, 0) is 64.5 Å². The van der Waals surface area contributed by atoms with Crippen LogP contribution in [0, 0.1) is 0 Å². The SMILES string of the molecule is CC1=CC(=NNC(=O)CCCCC(=O)NN=C2C=C(C)CC2)CC1. The van der Waals surface area contributed by atoms with Gasteiger partial charge < -0.3 is 0 Å². The summed E-state index contributed by atoms with van der Waals surface area (Å²) in [6.45, 7) is 4.12. The van der Waals surface area contributed by atoms with Gasteiger partial charge in [0.1, 0.15) is 0 Å². The summed E-state index contributed by atoms with van der Waals surface area (Å²) in [5.74, 6) is -0.208. The van der Waals surface area contributed by atoms with Gasteiger partial charge in [-0.3, -0.25) is 9.59 Å². The third-order valence-corrected chi connectivity index (χ3v) is 4.08. The molecule has 130 valence electrons. The number of allylic oxidation sites excluding steroid dienone is 4. The van der Waals surface area contributed by atoms with Gasteiger partial charge >= 0.3 is 0 Å². The fourth-order valence-corrected chi connectivity index (χ4v) is 2.64. The van der Waals surface area contributed by atoms with Crippen molar-refractivity contribution in [2.24, 2.45) is 10.2 Å². The van der Waals surface area contributed by atoms with E-state index in [9.17, 15) is 9.59 Å². The van der Waals surface area contributed by atoms with Crippen LogP contribution in [0.4, 0.5) is 0 Å². The maximum absolute atomic E-state index is 11.7. The van der Waals surface area contributed by atoms with Crippen LogP contribution in [-0.2, 0) is 9.59 Å². The zero-order chi connectivity index (χ0) is 17.4. The van der Waals surface area contributed by atoms with E-state index in [1.165, 1.54) is 11.1 Å². The van der Waals surface area contributed by atoms with Gasteiger partial charge in [0.2, 0.25) is 11.8 Å². The first kappa shape index (κ1) is 18.1. The van der Waals surface area contributed by atoms with Crippen LogP contribution >= 0.6 is 0 Å². The summed E-state index contributed by atoms with van der Waals surface area (Å²) in [6, 6.07) is 0. The number of nitrogens with one attached hydrogen (secondary N) is 2. The van der Waals surface area contributed by atoms with Crippen molar-refractivity contribution in [1.29, 1.82) is 0 Å². The fourth-order valence-electron chi connectivity index (χ4n) is 2.64. The predicted octanol–water partition coefficient (Wildman–Crippen LogP) is 2.97. The first-order valence-corrected chi connectivity index (χ1v) is 8.58. The minimum absolute atomic E-state index is 0.104. The highest BCUT2D eigenvalue weighted by Gasteiger charge is 2.09. The number of nitrogens with zero attached hydrogens (tertiary/aromatic N) is 2. The van der Waals surface area contributed by atoms with Crippen molar-refractivity contribution < 1.29 is 9.59 Å². The molecule has 0 aromatic heterocycles. The Bertz CT molecular complexity index is 561. The summed E-state index contributed by atoms with van der Waals surface area (Å²) >= 11 is 0. The van der Waals surface area contributed by atoms with E-state index in [1.54, 1.807) is 0 Å². The lowest BCUT2D eigenvalue weighted by atomic mass is 10.2. The number of hydrogen-bond donors (Lipinski definition) is 2. The highest BCUT2D eigenvalue weighted by Crippen LogP contribution is 2.15. The van der Waals surface area contributed by atoms with Gasteiger partial charge in [0, 0.05) is 12.8 Å². The Labute approximate surface area is 143 Å². The zero-order valence-electron chi connectivity index (χ0n) is 14.5. The first-order chi connectivity index (χ1) is 11.5. The minimum atomic E-state index is -0.104. The van der Waals surface area contributed by atoms with Gasteiger partial charge in [0.25, 0.3) is 0 Å². The number of carbonyl (C=O) groups excluding carboxylic acids is 2. The van der Waals surface area contributed by atoms with E-state index in [1.807, 2.05) is 12.2 Å². The van der Waals surface area contributed by atoms with Crippen LogP contribution in [0.25, 0.3) is 0 Å². The molecule has 0 aromatic carbocycles. The van der Waals surface area contributed by atoms with Crippen LogP contribution in [0.5, 0.6) is 0 Å². The summed E-state index contributed by atoms with van der Waals surface area (Å²) in [5.41, 5.74) is 9.59. The van der Waals surface area contributed by atoms with Crippen LogP contribution in [0.2, 0.25) is 0 Å². The van der Waals surface area contributed by atoms with Crippen molar-refractivity contribution in [2.75, 3.05) is 0 Å². The largest absolute Gasteiger partial charge is 0.273 e. The van der Waals surface area contributed by atoms with Crippen molar-refractivity contribution in [3.05, 3.63) is 23.3 Å². The topological polar surface area (TPSA) is 82.9 Å². The molecule has 2 rings (SSSR count). The Morgan fingerprint density at radius 3 is 1.58 bits per heavy atom. The van der Waals surface area contributed by atoms with E-state index >= 15 is 0 Å². The second kappa shape index (κ2) is 9.15. The molecule has 2 aliphatic carbocycles. The minimum Gasteiger partial charge on any atom is -0.273 e. The van der Waals surface area contributed by atoms with Crippen LogP contribution in [0.1, 0.15) is 65.2 Å². The van der Waals surface area contributed by atoms with Crippen molar-refractivity contribution in [3.63, 3.8) is 0 Å². The summed E-state index contributed by atoms with van der Waals surface area (Å²) < 4.78 is 0. The van der Waals surface area contributed by atoms with Crippen molar-refractivity contribution in [1.82, 2.24) is 10.9 Å². The molecule has 0 saturated heterocycles. The van der Waals surface area contributed by atoms with Crippen molar-refractivity contribution in [2.45, 2.75) is 65.2 Å². The monoisotopic (exact) mass is 330 g/mol. The van der Waals surface area contributed by atoms with Gasteiger partial charge in [0.05, 0.1) is 11.4 Å². The van der Waals surface area contributed by atoms with E-state index in [4.69, 9.17) is 0 Å². The summed E-state index contributed by atoms with van der Waals surface area (Å²) in [4.78, 5) is 23.4. The van der Waals surface area contributed by atoms with E-state index in [-0.39, 0.29) is 11.8 Å². The molecule has 6 nitrogen and oxygen atoms in total. The Balaban J connectivity index is 1.55. The summed E-state index contributed by atoms with van der Waals surface area (Å²) in [6.07, 6.45) is 9.91. The third-order valence-electron chi connectivity index (χ3n) is 4.08. The molecule has 0 saturated carbocycles. The molecule has 0 atom stereocenters. The maximum atomic E-state index is 11.7. The molecule has 0 bridgehead atoms. The Morgan fingerprint density at radius 2 is 1.25 bits per heavy atom. The van der Waals surface area contributed by atoms with E-state index in [2.05, 4.69) is 34.9 Å². The van der Waals surface area contributed by atoms with Gasteiger partial charge in [-0.15, -0.1) is 0 Å². The standard InChI is InChI=1S/C18H26N4O2/c1-13-7-9-15(11-13)19-21-17(23)5-3-4-6-18(24)22-20-16-10-8-14(2)12-16/h11-12H,3-10H2,1-2H3,(H,21,23)(H,22,24). The molecule has 6 heteroatoms. The smallest absolute Gasteiger partial charge is 0.240 e. The fraction of sp³-hybridized carbons (Fsp3) is 0.556. The number of hydrazone groups is 2. The second-order valence-corrected chi connectivity index (χ2v) is 6.46. The van der Waals surface area contributed by atoms with Gasteiger partial charge in [0.15, 0.2) is 0 Å². The predicted molar refractivity (Wildman–Crippen MR) is 95.6 cm³/mol. The summed E-state index contributed by atoms with van der Waals surface area (Å²) in [7, 11) is 0. The number of rotatable bonds is 7. The molecule has 0 heterocycles. The van der Waals surface area contributed by atoms with Gasteiger partial charge in [-0.1, -0.05) is 11.1 Å². The van der Waals surface area contributed by atoms with Crippen LogP contribution in [0.15, 0.2) is 33.5 Å². The molecule has 24 heavy (non-hydrogen) atoms. The Kier molecular flexibility index (Phi) is 6.90. The van der Waals surface area contributed by atoms with E-state index in [0.29, 0.717) is 25.7 Å². The molecule has 0 fully saturated rings. The first-order valence-electron chi connectivity index (χ1n) is 8.58.